The summed E-state index contributed by atoms with van der Waals surface area (Å²) in [7, 11) is -3.75. The van der Waals surface area contributed by atoms with E-state index in [1.807, 2.05) is 0 Å². The Kier molecular flexibility index (Phi) is 5.98. The minimum Gasteiger partial charge on any atom is -0.490 e. The van der Waals surface area contributed by atoms with Crippen molar-refractivity contribution >= 4 is 54.1 Å². The molecule has 0 unspecified atom stereocenters. The van der Waals surface area contributed by atoms with Gasteiger partial charge in [0.2, 0.25) is 10.0 Å². The van der Waals surface area contributed by atoms with Crippen LogP contribution in [0.5, 0.6) is 5.75 Å². The molecule has 0 fully saturated rings. The molecule has 0 spiro atoms. The summed E-state index contributed by atoms with van der Waals surface area (Å²) >= 11 is 7.75. The first-order valence-corrected chi connectivity index (χ1v) is 13.0. The van der Waals surface area contributed by atoms with Crippen LogP contribution in [0.1, 0.15) is 6.92 Å². The molecule has 0 amide bonds. The summed E-state index contributed by atoms with van der Waals surface area (Å²) in [6.45, 7) is 1.76. The van der Waals surface area contributed by atoms with E-state index in [0.29, 0.717) is 22.0 Å². The minimum absolute atomic E-state index is 0.0526. The number of sulfonamides is 1. The average molecular weight is 517 g/mol. The highest BCUT2D eigenvalue weighted by molar-refractivity contribution is 7.89. The van der Waals surface area contributed by atoms with Gasteiger partial charge in [-0.05, 0) is 61.5 Å². The van der Waals surface area contributed by atoms with Gasteiger partial charge in [0.1, 0.15) is 23.9 Å². The Morgan fingerprint density at radius 1 is 1.18 bits per heavy atom. The van der Waals surface area contributed by atoms with Crippen LogP contribution in [0.15, 0.2) is 65.0 Å². The molecule has 0 aliphatic carbocycles. The molecular weight excluding hydrogens is 499 g/mol. The predicted octanol–water partition coefficient (Wildman–Crippen LogP) is 5.38. The summed E-state index contributed by atoms with van der Waals surface area (Å²) in [6, 6.07) is 13.7. The monoisotopic (exact) mass is 516 g/mol. The minimum atomic E-state index is -3.75. The fraction of sp³-hybridized carbons (Fsp3) is 0.130. The fourth-order valence-corrected chi connectivity index (χ4v) is 5.80. The molecule has 2 aromatic heterocycles. The van der Waals surface area contributed by atoms with Crippen molar-refractivity contribution in [3.05, 3.63) is 70.9 Å². The number of hydrogen-bond donors (Lipinski definition) is 2. The largest absolute Gasteiger partial charge is 0.490 e. The Morgan fingerprint density at radius 3 is 2.76 bits per heavy atom. The third-order valence-electron chi connectivity index (χ3n) is 5.19. The summed E-state index contributed by atoms with van der Waals surface area (Å²) in [5.74, 6) is 0.0510. The lowest BCUT2D eigenvalue weighted by Gasteiger charge is -2.16. The SMILES string of the molecule is C[C@@H](COc1cc2c(-c3ccc(F)cc3)n[nH]c2cc1Cl)NS(=O)(=O)c1ccc2ncsc2c1. The van der Waals surface area contributed by atoms with Gasteiger partial charge in [0.15, 0.2) is 0 Å². The number of hydrogen-bond acceptors (Lipinski definition) is 6. The second kappa shape index (κ2) is 8.95. The second-order valence-corrected chi connectivity index (χ2v) is 10.7. The van der Waals surface area contributed by atoms with E-state index in [-0.39, 0.29) is 17.3 Å². The number of aromatic amines is 1. The molecule has 3 aromatic carbocycles. The molecule has 11 heteroatoms. The summed E-state index contributed by atoms with van der Waals surface area (Å²) in [4.78, 5) is 4.33. The van der Waals surface area contributed by atoms with Crippen LogP contribution in [-0.4, -0.2) is 36.2 Å². The number of nitrogens with one attached hydrogen (secondary N) is 2. The number of nitrogens with zero attached hydrogens (tertiary/aromatic N) is 2. The molecule has 0 aliphatic heterocycles. The molecular formula is C23H18ClFN4O3S2. The van der Waals surface area contributed by atoms with Gasteiger partial charge in [-0.2, -0.15) is 5.10 Å². The van der Waals surface area contributed by atoms with Gasteiger partial charge >= 0.3 is 0 Å². The molecule has 7 nitrogen and oxygen atoms in total. The van der Waals surface area contributed by atoms with Crippen molar-refractivity contribution in [1.29, 1.82) is 0 Å². The zero-order valence-electron chi connectivity index (χ0n) is 17.7. The van der Waals surface area contributed by atoms with Crippen molar-refractivity contribution in [2.24, 2.45) is 0 Å². The number of thiazole rings is 1. The van der Waals surface area contributed by atoms with Gasteiger partial charge in [-0.3, -0.25) is 5.10 Å². The number of fused-ring (bicyclic) bond motifs is 2. The lowest BCUT2D eigenvalue weighted by molar-refractivity contribution is 0.288. The maximum absolute atomic E-state index is 13.3. The number of rotatable bonds is 7. The maximum Gasteiger partial charge on any atom is 0.240 e. The van der Waals surface area contributed by atoms with E-state index in [0.717, 1.165) is 21.2 Å². The molecule has 2 heterocycles. The van der Waals surface area contributed by atoms with Gasteiger partial charge in [0, 0.05) is 10.9 Å². The summed E-state index contributed by atoms with van der Waals surface area (Å²) in [6.07, 6.45) is 0. The van der Waals surface area contributed by atoms with Crippen LogP contribution in [0.3, 0.4) is 0 Å². The summed E-state index contributed by atoms with van der Waals surface area (Å²) in [5, 5.41) is 8.33. The van der Waals surface area contributed by atoms with Crippen molar-refractivity contribution in [2.75, 3.05) is 6.61 Å². The summed E-state index contributed by atoms with van der Waals surface area (Å²) < 4.78 is 48.2. The normalized spacial score (nSPS) is 12.9. The topological polar surface area (TPSA) is 97.0 Å². The Bertz CT molecular complexity index is 1600. The number of aromatic nitrogens is 3. The van der Waals surface area contributed by atoms with Gasteiger partial charge in [0.25, 0.3) is 0 Å². The van der Waals surface area contributed by atoms with E-state index >= 15 is 0 Å². The molecule has 0 bridgehead atoms. The predicted molar refractivity (Wildman–Crippen MR) is 131 cm³/mol. The zero-order chi connectivity index (χ0) is 23.9. The molecule has 2 N–H and O–H groups in total. The van der Waals surface area contributed by atoms with Crippen LogP contribution < -0.4 is 9.46 Å². The molecule has 0 saturated carbocycles. The van der Waals surface area contributed by atoms with E-state index in [4.69, 9.17) is 16.3 Å². The van der Waals surface area contributed by atoms with Gasteiger partial charge < -0.3 is 4.74 Å². The highest BCUT2D eigenvalue weighted by Crippen LogP contribution is 2.34. The van der Waals surface area contributed by atoms with Crippen molar-refractivity contribution in [3.63, 3.8) is 0 Å². The van der Waals surface area contributed by atoms with Crippen molar-refractivity contribution in [2.45, 2.75) is 17.9 Å². The first kappa shape index (κ1) is 22.7. The summed E-state index contributed by atoms with van der Waals surface area (Å²) in [5.41, 5.74) is 4.49. The first-order valence-electron chi connectivity index (χ1n) is 10.2. The molecule has 0 saturated heterocycles. The van der Waals surface area contributed by atoms with E-state index in [2.05, 4.69) is 19.9 Å². The zero-order valence-corrected chi connectivity index (χ0v) is 20.1. The van der Waals surface area contributed by atoms with E-state index < -0.39 is 16.1 Å². The van der Waals surface area contributed by atoms with Crippen LogP contribution in [0, 0.1) is 5.82 Å². The highest BCUT2D eigenvalue weighted by Gasteiger charge is 2.20. The average Bonchev–Trinajstić information content (AvgIpc) is 3.44. The van der Waals surface area contributed by atoms with Crippen molar-refractivity contribution in [1.82, 2.24) is 19.9 Å². The van der Waals surface area contributed by atoms with E-state index in [1.54, 1.807) is 48.8 Å². The smallest absolute Gasteiger partial charge is 0.240 e. The quantitative estimate of drug-likeness (QED) is 0.303. The van der Waals surface area contributed by atoms with Crippen LogP contribution in [0.4, 0.5) is 4.39 Å². The molecule has 174 valence electrons. The van der Waals surface area contributed by atoms with Crippen molar-refractivity contribution in [3.8, 4) is 17.0 Å². The Balaban J connectivity index is 1.33. The van der Waals surface area contributed by atoms with Gasteiger partial charge in [-0.25, -0.2) is 22.5 Å². The molecule has 0 aliphatic rings. The second-order valence-electron chi connectivity index (χ2n) is 7.72. The Labute approximate surface area is 203 Å². The number of H-pyrrole nitrogens is 1. The van der Waals surface area contributed by atoms with Crippen LogP contribution >= 0.6 is 22.9 Å². The van der Waals surface area contributed by atoms with Gasteiger partial charge in [-0.1, -0.05) is 11.6 Å². The molecule has 5 aromatic rings. The first-order chi connectivity index (χ1) is 16.3. The third kappa shape index (κ3) is 4.49. The lowest BCUT2D eigenvalue weighted by Crippen LogP contribution is -2.36. The van der Waals surface area contributed by atoms with Crippen LogP contribution in [0.25, 0.3) is 32.4 Å². The Hall–Kier alpha value is -3.05. The number of benzene rings is 3. The van der Waals surface area contributed by atoms with Crippen LogP contribution in [0.2, 0.25) is 5.02 Å². The van der Waals surface area contributed by atoms with Crippen LogP contribution in [-0.2, 0) is 10.0 Å². The third-order valence-corrected chi connectivity index (χ3v) is 7.87. The lowest BCUT2D eigenvalue weighted by atomic mass is 10.1. The maximum atomic E-state index is 13.3. The van der Waals surface area contributed by atoms with Crippen molar-refractivity contribution < 1.29 is 17.5 Å². The fourth-order valence-electron chi connectivity index (χ4n) is 3.54. The van der Waals surface area contributed by atoms with Gasteiger partial charge in [-0.15, -0.1) is 11.3 Å². The Morgan fingerprint density at radius 2 is 1.97 bits per heavy atom. The number of halogens is 2. The van der Waals surface area contributed by atoms with Gasteiger partial charge in [0.05, 0.1) is 37.2 Å². The molecule has 0 radical (unpaired) electrons. The molecule has 1 atom stereocenters. The number of ether oxygens (including phenoxy) is 1. The highest BCUT2D eigenvalue weighted by atomic mass is 35.5. The van der Waals surface area contributed by atoms with E-state index in [9.17, 15) is 12.8 Å². The standard InChI is InChI=1S/C23H18ClFN4O3S2/c1-13(29-34(30,31)16-6-7-19-22(8-16)33-12-26-19)11-32-21-9-17-20(10-18(21)24)27-28-23(17)14-2-4-15(25)5-3-14/h2-10,12-13,29H,11H2,1H3,(H,27,28)/t13-/m0/s1. The molecule has 34 heavy (non-hydrogen) atoms. The van der Waals surface area contributed by atoms with E-state index in [1.165, 1.54) is 29.5 Å². The molecule has 5 rings (SSSR count).